The van der Waals surface area contributed by atoms with E-state index < -0.39 is 0 Å². The van der Waals surface area contributed by atoms with Gasteiger partial charge in [-0.25, -0.2) is 0 Å². The minimum atomic E-state index is 0.145. The summed E-state index contributed by atoms with van der Waals surface area (Å²) >= 11 is 0. The van der Waals surface area contributed by atoms with Gasteiger partial charge < -0.3 is 10.6 Å². The number of anilines is 1. The Bertz CT molecular complexity index is 368. The van der Waals surface area contributed by atoms with E-state index >= 15 is 0 Å². The maximum atomic E-state index is 11.6. The molecular formula is C14H20N2O. The van der Waals surface area contributed by atoms with E-state index in [-0.39, 0.29) is 5.91 Å². The summed E-state index contributed by atoms with van der Waals surface area (Å²) in [6, 6.07) is 8.04. The molecule has 1 amide bonds. The first-order valence-electron chi connectivity index (χ1n) is 6.37. The van der Waals surface area contributed by atoms with Crippen LogP contribution in [0.4, 0.5) is 5.69 Å². The van der Waals surface area contributed by atoms with Crippen LogP contribution in [0.5, 0.6) is 0 Å². The molecule has 0 radical (unpaired) electrons. The lowest BCUT2D eigenvalue weighted by Gasteiger charge is -2.06. The molecule has 0 aromatic heterocycles. The number of amides is 1. The van der Waals surface area contributed by atoms with Crippen LogP contribution in [0.2, 0.25) is 0 Å². The fourth-order valence-corrected chi connectivity index (χ4v) is 1.77. The Morgan fingerprint density at radius 2 is 2.00 bits per heavy atom. The number of nitrogens with one attached hydrogen (secondary N) is 2. The van der Waals surface area contributed by atoms with Crippen LogP contribution in [-0.4, -0.2) is 12.5 Å². The van der Waals surface area contributed by atoms with Crippen LogP contribution >= 0.6 is 0 Å². The van der Waals surface area contributed by atoms with Crippen molar-refractivity contribution in [3.8, 4) is 0 Å². The number of carbonyl (C=O) groups is 1. The lowest BCUT2D eigenvalue weighted by atomic mass is 10.2. The fourth-order valence-electron chi connectivity index (χ4n) is 1.77. The van der Waals surface area contributed by atoms with Crippen molar-refractivity contribution in [1.82, 2.24) is 5.32 Å². The number of hydrogen-bond acceptors (Lipinski definition) is 2. The van der Waals surface area contributed by atoms with E-state index in [1.54, 1.807) is 0 Å². The van der Waals surface area contributed by atoms with Crippen LogP contribution in [0.15, 0.2) is 24.3 Å². The third-order valence-electron chi connectivity index (χ3n) is 2.99. The summed E-state index contributed by atoms with van der Waals surface area (Å²) in [6.45, 7) is 3.94. The molecule has 2 rings (SSSR count). The molecule has 1 aromatic carbocycles. The number of rotatable bonds is 6. The molecule has 1 aromatic rings. The van der Waals surface area contributed by atoms with Crippen LogP contribution < -0.4 is 10.6 Å². The first-order valence-corrected chi connectivity index (χ1v) is 6.37. The second-order valence-corrected chi connectivity index (χ2v) is 4.67. The van der Waals surface area contributed by atoms with Crippen molar-refractivity contribution in [1.29, 1.82) is 0 Å². The number of hydrogen-bond donors (Lipinski definition) is 2. The van der Waals surface area contributed by atoms with Gasteiger partial charge in [-0.15, -0.1) is 0 Å². The standard InChI is InChI=1S/C14H20N2O/c1-2-15-10-12-5-7-13(8-6-12)16-14(17)9-11-3-4-11/h5-8,11,15H,2-4,9-10H2,1H3,(H,16,17). The van der Waals surface area contributed by atoms with Gasteiger partial charge >= 0.3 is 0 Å². The Labute approximate surface area is 103 Å². The van der Waals surface area contributed by atoms with Gasteiger partial charge in [-0.2, -0.15) is 0 Å². The van der Waals surface area contributed by atoms with Crippen molar-refractivity contribution in [2.75, 3.05) is 11.9 Å². The molecule has 0 aliphatic heterocycles. The average Bonchev–Trinajstić information content (AvgIpc) is 3.12. The minimum absolute atomic E-state index is 0.145. The zero-order valence-corrected chi connectivity index (χ0v) is 10.3. The molecular weight excluding hydrogens is 212 g/mol. The summed E-state index contributed by atoms with van der Waals surface area (Å²) in [4.78, 5) is 11.6. The van der Waals surface area contributed by atoms with Gasteiger partial charge in [-0.3, -0.25) is 4.79 Å². The van der Waals surface area contributed by atoms with Crippen molar-refractivity contribution in [2.45, 2.75) is 32.7 Å². The molecule has 1 saturated carbocycles. The first-order chi connectivity index (χ1) is 8.28. The minimum Gasteiger partial charge on any atom is -0.326 e. The van der Waals surface area contributed by atoms with Gasteiger partial charge in [0, 0.05) is 18.7 Å². The molecule has 17 heavy (non-hydrogen) atoms. The monoisotopic (exact) mass is 232 g/mol. The lowest BCUT2D eigenvalue weighted by molar-refractivity contribution is -0.116. The molecule has 1 aliphatic rings. The Hall–Kier alpha value is -1.35. The zero-order chi connectivity index (χ0) is 12.1. The molecule has 1 fully saturated rings. The molecule has 0 unspecified atom stereocenters. The molecule has 1 aliphatic carbocycles. The van der Waals surface area contributed by atoms with E-state index in [0.717, 1.165) is 18.8 Å². The molecule has 3 nitrogen and oxygen atoms in total. The summed E-state index contributed by atoms with van der Waals surface area (Å²) in [7, 11) is 0. The van der Waals surface area contributed by atoms with E-state index in [4.69, 9.17) is 0 Å². The Morgan fingerprint density at radius 3 is 2.59 bits per heavy atom. The highest BCUT2D eigenvalue weighted by Gasteiger charge is 2.24. The maximum absolute atomic E-state index is 11.6. The predicted molar refractivity (Wildman–Crippen MR) is 69.8 cm³/mol. The van der Waals surface area contributed by atoms with Gasteiger partial charge in [0.2, 0.25) is 5.91 Å². The normalized spacial score (nSPS) is 14.6. The Kier molecular flexibility index (Phi) is 4.15. The SMILES string of the molecule is CCNCc1ccc(NC(=O)CC2CC2)cc1. The summed E-state index contributed by atoms with van der Waals surface area (Å²) < 4.78 is 0. The van der Waals surface area contributed by atoms with E-state index in [1.807, 2.05) is 12.1 Å². The van der Waals surface area contributed by atoms with Crippen LogP contribution in [0, 0.1) is 5.92 Å². The van der Waals surface area contributed by atoms with Gasteiger partial charge in [-0.1, -0.05) is 19.1 Å². The van der Waals surface area contributed by atoms with Crippen molar-refractivity contribution >= 4 is 11.6 Å². The van der Waals surface area contributed by atoms with E-state index in [1.165, 1.54) is 18.4 Å². The quantitative estimate of drug-likeness (QED) is 0.791. The van der Waals surface area contributed by atoms with Gasteiger partial charge in [0.1, 0.15) is 0 Å². The van der Waals surface area contributed by atoms with Gasteiger partial charge in [-0.05, 0) is 43.0 Å². The fraction of sp³-hybridized carbons (Fsp3) is 0.500. The first kappa shape index (κ1) is 12.1. The molecule has 3 heteroatoms. The highest BCUT2D eigenvalue weighted by atomic mass is 16.1. The highest BCUT2D eigenvalue weighted by Crippen LogP contribution is 2.32. The van der Waals surface area contributed by atoms with Gasteiger partial charge in [0.15, 0.2) is 0 Å². The van der Waals surface area contributed by atoms with E-state index in [0.29, 0.717) is 12.3 Å². The van der Waals surface area contributed by atoms with Crippen LogP contribution in [0.1, 0.15) is 31.7 Å². The third kappa shape index (κ3) is 4.19. The van der Waals surface area contributed by atoms with Crippen LogP contribution in [-0.2, 0) is 11.3 Å². The Balaban J connectivity index is 1.81. The average molecular weight is 232 g/mol. The number of carbonyl (C=O) groups excluding carboxylic acids is 1. The van der Waals surface area contributed by atoms with Gasteiger partial charge in [0.25, 0.3) is 0 Å². The second-order valence-electron chi connectivity index (χ2n) is 4.67. The van der Waals surface area contributed by atoms with Gasteiger partial charge in [0.05, 0.1) is 0 Å². The molecule has 2 N–H and O–H groups in total. The summed E-state index contributed by atoms with van der Waals surface area (Å²) in [5, 5.41) is 6.21. The van der Waals surface area contributed by atoms with Crippen molar-refractivity contribution in [2.24, 2.45) is 5.92 Å². The predicted octanol–water partition coefficient (Wildman–Crippen LogP) is 2.53. The molecule has 92 valence electrons. The number of benzene rings is 1. The van der Waals surface area contributed by atoms with Crippen molar-refractivity contribution in [3.63, 3.8) is 0 Å². The van der Waals surface area contributed by atoms with Crippen LogP contribution in [0.25, 0.3) is 0 Å². The molecule has 0 heterocycles. The molecule has 0 saturated heterocycles. The summed E-state index contributed by atoms with van der Waals surface area (Å²) in [6.07, 6.45) is 3.11. The topological polar surface area (TPSA) is 41.1 Å². The largest absolute Gasteiger partial charge is 0.326 e. The molecule has 0 spiro atoms. The van der Waals surface area contributed by atoms with Crippen LogP contribution in [0.3, 0.4) is 0 Å². The molecule has 0 bridgehead atoms. The van der Waals surface area contributed by atoms with Crippen molar-refractivity contribution in [3.05, 3.63) is 29.8 Å². The zero-order valence-electron chi connectivity index (χ0n) is 10.3. The highest BCUT2D eigenvalue weighted by molar-refractivity contribution is 5.90. The van der Waals surface area contributed by atoms with Crippen molar-refractivity contribution < 1.29 is 4.79 Å². The maximum Gasteiger partial charge on any atom is 0.224 e. The lowest BCUT2D eigenvalue weighted by Crippen LogP contribution is -2.13. The molecule has 0 atom stereocenters. The Morgan fingerprint density at radius 1 is 1.29 bits per heavy atom. The van der Waals surface area contributed by atoms with E-state index in [9.17, 15) is 4.79 Å². The third-order valence-corrected chi connectivity index (χ3v) is 2.99. The summed E-state index contributed by atoms with van der Waals surface area (Å²) in [5.41, 5.74) is 2.14. The summed E-state index contributed by atoms with van der Waals surface area (Å²) in [5.74, 6) is 0.787. The second kappa shape index (κ2) is 5.82. The van der Waals surface area contributed by atoms with E-state index in [2.05, 4.69) is 29.7 Å². The smallest absolute Gasteiger partial charge is 0.224 e.